The van der Waals surface area contributed by atoms with Gasteiger partial charge in [-0.3, -0.25) is 9.59 Å². The molecule has 2 rings (SSSR count). The van der Waals surface area contributed by atoms with Crippen molar-refractivity contribution in [2.24, 2.45) is 5.92 Å². The maximum atomic E-state index is 12.3. The first kappa shape index (κ1) is 18.3. The van der Waals surface area contributed by atoms with Crippen LogP contribution in [0.1, 0.15) is 38.2 Å². The summed E-state index contributed by atoms with van der Waals surface area (Å²) in [7, 11) is 0. The highest BCUT2D eigenvalue weighted by Gasteiger charge is 2.28. The van der Waals surface area contributed by atoms with Crippen molar-refractivity contribution in [2.75, 3.05) is 26.3 Å². The third-order valence-electron chi connectivity index (χ3n) is 4.22. The summed E-state index contributed by atoms with van der Waals surface area (Å²) < 4.78 is 10.7. The molecular formula is C19H27NO4. The van der Waals surface area contributed by atoms with Gasteiger partial charge in [-0.15, -0.1) is 0 Å². The zero-order valence-electron chi connectivity index (χ0n) is 14.6. The molecule has 0 N–H and O–H groups in total. The standard InChI is InChI=1S/C19H27NO4/c1-3-23-19(22)16-6-4-12-20(14-16)18(21)7-5-13-24-17-10-8-15(2)9-11-17/h8-11,16H,3-7,12-14H2,1-2H3/t16-/m0/s1. The molecule has 0 bridgehead atoms. The molecule has 0 saturated carbocycles. The zero-order chi connectivity index (χ0) is 17.4. The van der Waals surface area contributed by atoms with Crippen molar-refractivity contribution in [3.63, 3.8) is 0 Å². The molecule has 1 fully saturated rings. The van der Waals surface area contributed by atoms with Gasteiger partial charge in [0.25, 0.3) is 0 Å². The Morgan fingerprint density at radius 3 is 2.71 bits per heavy atom. The lowest BCUT2D eigenvalue weighted by Gasteiger charge is -2.31. The number of amides is 1. The van der Waals surface area contributed by atoms with Crippen LogP contribution in [-0.2, 0) is 14.3 Å². The molecule has 0 spiro atoms. The molecular weight excluding hydrogens is 306 g/mol. The maximum Gasteiger partial charge on any atom is 0.310 e. The van der Waals surface area contributed by atoms with Crippen LogP contribution in [0.25, 0.3) is 0 Å². The van der Waals surface area contributed by atoms with Gasteiger partial charge in [-0.25, -0.2) is 0 Å². The van der Waals surface area contributed by atoms with E-state index in [1.54, 1.807) is 11.8 Å². The lowest BCUT2D eigenvalue weighted by molar-refractivity contribution is -0.151. The van der Waals surface area contributed by atoms with Crippen molar-refractivity contribution >= 4 is 11.9 Å². The topological polar surface area (TPSA) is 55.8 Å². The normalized spacial score (nSPS) is 17.4. The number of hydrogen-bond donors (Lipinski definition) is 0. The van der Waals surface area contributed by atoms with E-state index < -0.39 is 0 Å². The van der Waals surface area contributed by atoms with Crippen LogP contribution in [0, 0.1) is 12.8 Å². The number of hydrogen-bond acceptors (Lipinski definition) is 4. The van der Waals surface area contributed by atoms with Gasteiger partial charge >= 0.3 is 5.97 Å². The molecule has 5 nitrogen and oxygen atoms in total. The number of carbonyl (C=O) groups is 2. The smallest absolute Gasteiger partial charge is 0.310 e. The average molecular weight is 333 g/mol. The van der Waals surface area contributed by atoms with Gasteiger partial charge in [-0.1, -0.05) is 17.7 Å². The molecule has 1 aliphatic heterocycles. The Bertz CT molecular complexity index is 541. The molecule has 1 heterocycles. The average Bonchev–Trinajstić information content (AvgIpc) is 2.60. The lowest BCUT2D eigenvalue weighted by Crippen LogP contribution is -2.42. The predicted molar refractivity (Wildman–Crippen MR) is 91.8 cm³/mol. The van der Waals surface area contributed by atoms with Crippen LogP contribution < -0.4 is 4.74 Å². The third-order valence-corrected chi connectivity index (χ3v) is 4.22. The number of esters is 1. The number of ether oxygens (including phenoxy) is 2. The van der Waals surface area contributed by atoms with E-state index in [0.717, 1.165) is 25.1 Å². The van der Waals surface area contributed by atoms with Gasteiger partial charge < -0.3 is 14.4 Å². The SMILES string of the molecule is CCOC(=O)[C@H]1CCCN(C(=O)CCCOc2ccc(C)cc2)C1. The van der Waals surface area contributed by atoms with E-state index in [-0.39, 0.29) is 17.8 Å². The Morgan fingerprint density at radius 1 is 1.25 bits per heavy atom. The second kappa shape index (κ2) is 9.30. The highest BCUT2D eigenvalue weighted by molar-refractivity contribution is 5.78. The summed E-state index contributed by atoms with van der Waals surface area (Å²) in [4.78, 5) is 25.9. The fourth-order valence-electron chi connectivity index (χ4n) is 2.86. The van der Waals surface area contributed by atoms with Crippen molar-refractivity contribution in [1.29, 1.82) is 0 Å². The van der Waals surface area contributed by atoms with E-state index in [4.69, 9.17) is 9.47 Å². The molecule has 0 radical (unpaired) electrons. The van der Waals surface area contributed by atoms with Crippen LogP contribution >= 0.6 is 0 Å². The number of benzene rings is 1. The summed E-state index contributed by atoms with van der Waals surface area (Å²) in [6.07, 6.45) is 2.78. The summed E-state index contributed by atoms with van der Waals surface area (Å²) in [6.45, 7) is 5.95. The number of nitrogens with zero attached hydrogens (tertiary/aromatic N) is 1. The quantitative estimate of drug-likeness (QED) is 0.569. The molecule has 1 aromatic rings. The number of aryl methyl sites for hydroxylation is 1. The minimum absolute atomic E-state index is 0.0940. The molecule has 1 aliphatic rings. The summed E-state index contributed by atoms with van der Waals surface area (Å²) in [6, 6.07) is 7.88. The Balaban J connectivity index is 1.69. The molecule has 1 aromatic carbocycles. The second-order valence-electron chi connectivity index (χ2n) is 6.20. The highest BCUT2D eigenvalue weighted by atomic mass is 16.5. The molecule has 1 atom stereocenters. The molecule has 1 saturated heterocycles. The first-order valence-electron chi connectivity index (χ1n) is 8.74. The highest BCUT2D eigenvalue weighted by Crippen LogP contribution is 2.19. The number of rotatable bonds is 7. The molecule has 132 valence electrons. The van der Waals surface area contributed by atoms with Crippen molar-refractivity contribution < 1.29 is 19.1 Å². The monoisotopic (exact) mass is 333 g/mol. The summed E-state index contributed by atoms with van der Waals surface area (Å²) in [5.41, 5.74) is 1.19. The van der Waals surface area contributed by atoms with Gasteiger partial charge in [0.1, 0.15) is 5.75 Å². The van der Waals surface area contributed by atoms with Gasteiger partial charge in [0, 0.05) is 19.5 Å². The number of likely N-dealkylation sites (tertiary alicyclic amines) is 1. The summed E-state index contributed by atoms with van der Waals surface area (Å²) in [5.74, 6) is 0.564. The molecule has 0 aliphatic carbocycles. The first-order chi connectivity index (χ1) is 11.6. The second-order valence-corrected chi connectivity index (χ2v) is 6.20. The van der Waals surface area contributed by atoms with E-state index in [1.165, 1.54) is 5.56 Å². The van der Waals surface area contributed by atoms with Gasteiger partial charge in [0.15, 0.2) is 0 Å². The lowest BCUT2D eigenvalue weighted by atomic mass is 9.98. The van der Waals surface area contributed by atoms with Gasteiger partial charge in [0.2, 0.25) is 5.91 Å². The van der Waals surface area contributed by atoms with Crippen molar-refractivity contribution in [2.45, 2.75) is 39.5 Å². The van der Waals surface area contributed by atoms with Gasteiger partial charge in [-0.05, 0) is 45.2 Å². The van der Waals surface area contributed by atoms with E-state index in [0.29, 0.717) is 32.6 Å². The van der Waals surface area contributed by atoms with E-state index >= 15 is 0 Å². The Hall–Kier alpha value is -2.04. The Morgan fingerprint density at radius 2 is 2.00 bits per heavy atom. The van der Waals surface area contributed by atoms with Crippen LogP contribution in [-0.4, -0.2) is 43.1 Å². The fourth-order valence-corrected chi connectivity index (χ4v) is 2.86. The van der Waals surface area contributed by atoms with E-state index in [1.807, 2.05) is 31.2 Å². The van der Waals surface area contributed by atoms with Crippen molar-refractivity contribution in [3.8, 4) is 5.75 Å². The Kier molecular flexibility index (Phi) is 7.09. The van der Waals surface area contributed by atoms with Crippen molar-refractivity contribution in [3.05, 3.63) is 29.8 Å². The first-order valence-corrected chi connectivity index (χ1v) is 8.74. The summed E-state index contributed by atoms with van der Waals surface area (Å²) >= 11 is 0. The maximum absolute atomic E-state index is 12.3. The minimum atomic E-state index is -0.183. The van der Waals surface area contributed by atoms with Gasteiger partial charge in [0.05, 0.1) is 19.1 Å². The predicted octanol–water partition coefficient (Wildman–Crippen LogP) is 2.96. The molecule has 1 amide bonds. The van der Waals surface area contributed by atoms with Crippen LogP contribution in [0.2, 0.25) is 0 Å². The van der Waals surface area contributed by atoms with Crippen molar-refractivity contribution in [1.82, 2.24) is 4.90 Å². The third kappa shape index (κ3) is 5.55. The van der Waals surface area contributed by atoms with Crippen LogP contribution in [0.4, 0.5) is 0 Å². The largest absolute Gasteiger partial charge is 0.494 e. The van der Waals surface area contributed by atoms with E-state index in [2.05, 4.69) is 0 Å². The minimum Gasteiger partial charge on any atom is -0.494 e. The molecule has 0 aromatic heterocycles. The molecule has 0 unspecified atom stereocenters. The number of piperidine rings is 1. The molecule has 5 heteroatoms. The van der Waals surface area contributed by atoms with E-state index in [9.17, 15) is 9.59 Å². The fraction of sp³-hybridized carbons (Fsp3) is 0.579. The summed E-state index contributed by atoms with van der Waals surface area (Å²) in [5, 5.41) is 0. The molecule has 24 heavy (non-hydrogen) atoms. The van der Waals surface area contributed by atoms with Gasteiger partial charge in [-0.2, -0.15) is 0 Å². The van der Waals surface area contributed by atoms with Crippen LogP contribution in [0.5, 0.6) is 5.75 Å². The Labute approximate surface area is 143 Å². The number of carbonyl (C=O) groups excluding carboxylic acids is 2. The zero-order valence-corrected chi connectivity index (χ0v) is 14.6. The van der Waals surface area contributed by atoms with Crippen LogP contribution in [0.3, 0.4) is 0 Å². The van der Waals surface area contributed by atoms with Crippen LogP contribution in [0.15, 0.2) is 24.3 Å².